The molecule has 6 aromatic rings. The van der Waals surface area contributed by atoms with Crippen LogP contribution in [0, 0.1) is 0 Å². The predicted molar refractivity (Wildman–Crippen MR) is 289 cm³/mol. The molecule has 0 radical (unpaired) electrons. The molecule has 0 saturated heterocycles. The molecule has 12 nitrogen and oxygen atoms in total. The van der Waals surface area contributed by atoms with Crippen LogP contribution in [0.1, 0.15) is 101 Å². The van der Waals surface area contributed by atoms with E-state index in [4.69, 9.17) is 69.6 Å². The van der Waals surface area contributed by atoms with Gasteiger partial charge in [-0.2, -0.15) is 0 Å². The average Bonchev–Trinajstić information content (AvgIpc) is 3.37. The molecule has 6 rings (SSSR count). The van der Waals surface area contributed by atoms with Crippen molar-refractivity contribution >= 4 is 104 Å². The van der Waals surface area contributed by atoms with E-state index in [1.54, 1.807) is 146 Å². The van der Waals surface area contributed by atoms with Crippen molar-refractivity contribution in [3.63, 3.8) is 0 Å². The molecule has 0 aromatic heterocycles. The Morgan fingerprint density at radius 2 is 0.308 bits per heavy atom. The second-order valence-corrected chi connectivity index (χ2v) is 17.8. The summed E-state index contributed by atoms with van der Waals surface area (Å²) in [6.45, 7) is 3.84. The molecule has 0 amide bonds. The lowest BCUT2D eigenvalue weighted by molar-refractivity contribution is -0.365. The van der Waals surface area contributed by atoms with Gasteiger partial charge in [0.2, 0.25) is 0 Å². The number of rotatable bonds is 18. The van der Waals surface area contributed by atoms with Crippen LogP contribution in [-0.4, -0.2) is 74.0 Å². The summed E-state index contributed by atoms with van der Waals surface area (Å²) in [6, 6.07) is 41.5. The highest BCUT2D eigenvalue weighted by atomic mass is 35.5. The fourth-order valence-electron chi connectivity index (χ4n) is 5.64. The van der Waals surface area contributed by atoms with Crippen LogP contribution in [0.15, 0.2) is 146 Å². The van der Waals surface area contributed by atoms with Crippen molar-refractivity contribution in [2.75, 3.05) is 39.3 Å². The quantitative estimate of drug-likeness (QED) is 0.0455. The molecule has 18 N–H and O–H groups in total. The topological polar surface area (TPSA) is 268 Å². The second kappa shape index (κ2) is 51.7. The van der Waals surface area contributed by atoms with Crippen LogP contribution in [0.2, 0.25) is 30.1 Å². The Kier molecular flexibility index (Phi) is 56.9. The average molecular weight is 1320 g/mol. The highest BCUT2D eigenvalue weighted by molar-refractivity contribution is 6.32. The number of carbonyl (C=O) groups excluding carboxylic acids is 6. The lowest BCUT2D eigenvalue weighted by Gasteiger charge is -1.96. The first kappa shape index (κ1) is 85.9. The summed E-state index contributed by atoms with van der Waals surface area (Å²) in [7, 11) is 0. The fourth-order valence-corrected chi connectivity index (χ4v) is 6.40. The van der Waals surface area contributed by atoms with E-state index >= 15 is 0 Å². The number of ketones is 6. The molecular weight excluding hydrogens is 1250 g/mol. The minimum atomic E-state index is 0. The monoisotopic (exact) mass is 1310 g/mol. The summed E-state index contributed by atoms with van der Waals surface area (Å²) < 4.78 is 0. The maximum atomic E-state index is 11.3. The van der Waals surface area contributed by atoms with Gasteiger partial charge in [-0.3, -0.25) is 28.8 Å². The first-order chi connectivity index (χ1) is 34.4. The molecular formula is C54H66Cl12N6O6. The Labute approximate surface area is 524 Å². The van der Waals surface area contributed by atoms with Gasteiger partial charge in [0, 0.05) is 63.5 Å². The number of hydrogen-bond donors (Lipinski definition) is 6. The Bertz CT molecular complexity index is 2090. The Balaban J connectivity index is -0.000000196. The van der Waals surface area contributed by atoms with E-state index in [0.717, 1.165) is 0 Å². The summed E-state index contributed by atoms with van der Waals surface area (Å²) >= 11 is 34.0. The molecule has 0 heterocycles. The maximum Gasteiger partial charge on any atom is 0.168 e. The van der Waals surface area contributed by atoms with E-state index in [1.165, 1.54) is 0 Å². The van der Waals surface area contributed by atoms with E-state index in [-0.39, 0.29) is 109 Å². The highest BCUT2D eigenvalue weighted by Gasteiger charge is 2.08. The molecule has 6 aromatic carbocycles. The van der Waals surface area contributed by atoms with Crippen LogP contribution in [0.3, 0.4) is 0 Å². The summed E-state index contributed by atoms with van der Waals surface area (Å²) in [5.74, 6) is 0.759. The molecule has 24 heteroatoms. The zero-order valence-corrected chi connectivity index (χ0v) is 51.6. The lowest BCUT2D eigenvalue weighted by Crippen LogP contribution is -3.00. The van der Waals surface area contributed by atoms with Gasteiger partial charge in [0.05, 0.1) is 77.8 Å². The molecule has 432 valence electrons. The first-order valence-electron chi connectivity index (χ1n) is 22.9. The summed E-state index contributed by atoms with van der Waals surface area (Å²) in [5.41, 5.74) is 26.0. The highest BCUT2D eigenvalue weighted by Crippen LogP contribution is 2.15. The molecule has 0 fully saturated rings. The van der Waals surface area contributed by atoms with Crippen LogP contribution >= 0.6 is 69.6 Å². The van der Waals surface area contributed by atoms with Crippen molar-refractivity contribution in [2.45, 2.75) is 38.5 Å². The first-order valence-corrected chi connectivity index (χ1v) is 25.2. The van der Waals surface area contributed by atoms with Crippen LogP contribution in [0.25, 0.3) is 0 Å². The molecule has 0 unspecified atom stereocenters. The minimum Gasteiger partial charge on any atom is -1.00 e. The zero-order valence-electron chi connectivity index (χ0n) is 42.6. The standard InChI is InChI=1S/6C9H10ClNO.6ClH/c6*10-8-3-1-7(2-4-8)9(12)5-6-11;;;;;;/h6*1-4H,5-6,11H2;6*1H. The third-order valence-electron chi connectivity index (χ3n) is 9.42. The van der Waals surface area contributed by atoms with Gasteiger partial charge < -0.3 is 109 Å². The molecule has 0 bridgehead atoms. The molecule has 0 spiro atoms. The van der Waals surface area contributed by atoms with Gasteiger partial charge in [-0.1, -0.05) is 69.6 Å². The number of hydrogen-bond acceptors (Lipinski definition) is 6. The zero-order chi connectivity index (χ0) is 53.8. The molecule has 0 aliphatic carbocycles. The molecule has 0 atom stereocenters. The Hall–Kier alpha value is -3.42. The third-order valence-corrected chi connectivity index (χ3v) is 10.9. The maximum absolute atomic E-state index is 11.3. The van der Waals surface area contributed by atoms with Gasteiger partial charge >= 0.3 is 0 Å². The summed E-state index contributed by atoms with van der Waals surface area (Å²) in [6.07, 6.45) is 3.01. The van der Waals surface area contributed by atoms with Gasteiger partial charge in [-0.05, 0) is 146 Å². The number of Topliss-reactive ketones (excluding diaryl/α,β-unsaturated/α-hetero) is 6. The third kappa shape index (κ3) is 38.3. The summed E-state index contributed by atoms with van der Waals surface area (Å²) in [4.78, 5) is 67.6. The van der Waals surface area contributed by atoms with Gasteiger partial charge in [-0.15, -0.1) is 0 Å². The van der Waals surface area contributed by atoms with Crippen LogP contribution in [-0.2, 0) is 0 Å². The van der Waals surface area contributed by atoms with Gasteiger partial charge in [-0.25, -0.2) is 0 Å². The smallest absolute Gasteiger partial charge is 0.168 e. The van der Waals surface area contributed by atoms with E-state index in [1.807, 2.05) is 0 Å². The largest absolute Gasteiger partial charge is 1.00 e. The van der Waals surface area contributed by atoms with Crippen molar-refractivity contribution in [2.24, 2.45) is 0 Å². The van der Waals surface area contributed by atoms with Crippen molar-refractivity contribution in [1.82, 2.24) is 0 Å². The van der Waals surface area contributed by atoms with E-state index in [2.05, 4.69) is 34.4 Å². The molecule has 0 aliphatic rings. The number of quaternary nitrogens is 6. The molecule has 78 heavy (non-hydrogen) atoms. The Morgan fingerprint density at radius 1 is 0.218 bits per heavy atom. The molecule has 0 saturated carbocycles. The Morgan fingerprint density at radius 3 is 0.385 bits per heavy atom. The van der Waals surface area contributed by atoms with Gasteiger partial charge in [0.1, 0.15) is 0 Å². The van der Waals surface area contributed by atoms with Crippen LogP contribution in [0.5, 0.6) is 0 Å². The van der Waals surface area contributed by atoms with E-state index in [0.29, 0.717) is 141 Å². The predicted octanol–water partition coefficient (Wildman–Crippen LogP) is -11.0. The van der Waals surface area contributed by atoms with Crippen LogP contribution in [0.4, 0.5) is 0 Å². The van der Waals surface area contributed by atoms with Crippen molar-refractivity contribution < 1.29 is 138 Å². The molecule has 0 aliphatic heterocycles. The van der Waals surface area contributed by atoms with Crippen molar-refractivity contribution in [3.05, 3.63) is 209 Å². The van der Waals surface area contributed by atoms with Gasteiger partial charge in [0.15, 0.2) is 34.7 Å². The fraction of sp³-hybridized carbons (Fsp3) is 0.222. The number of halogens is 12. The SMILES string of the molecule is [Cl-].[Cl-].[Cl-].[Cl-].[Cl-].[Cl-].[NH3+]CCC(=O)c1ccc(Cl)cc1.[NH3+]CCC(=O)c1ccc(Cl)cc1.[NH3+]CCC(=O)c1ccc(Cl)cc1.[NH3+]CCC(=O)c1ccc(Cl)cc1.[NH3+]CCC(=O)c1ccc(Cl)cc1.[NH3+]CCC(=O)c1ccc(Cl)cc1. The van der Waals surface area contributed by atoms with Crippen molar-refractivity contribution in [1.29, 1.82) is 0 Å². The van der Waals surface area contributed by atoms with Crippen LogP contribution < -0.4 is 109 Å². The number of carbonyl (C=O) groups is 6. The van der Waals surface area contributed by atoms with Crippen molar-refractivity contribution in [3.8, 4) is 0 Å². The lowest BCUT2D eigenvalue weighted by atomic mass is 10.1. The van der Waals surface area contributed by atoms with E-state index in [9.17, 15) is 28.8 Å². The van der Waals surface area contributed by atoms with E-state index < -0.39 is 0 Å². The number of benzene rings is 6. The van der Waals surface area contributed by atoms with Gasteiger partial charge in [0.25, 0.3) is 0 Å². The normalized spacial score (nSPS) is 9.08. The summed E-state index contributed by atoms with van der Waals surface area (Å²) in [5, 5.41) is 3.92. The second-order valence-electron chi connectivity index (χ2n) is 15.2. The minimum absolute atomic E-state index is 0.